The second-order valence-corrected chi connectivity index (χ2v) is 5.84. The first-order valence-corrected chi connectivity index (χ1v) is 6.40. The molecule has 0 aliphatic carbocycles. The van der Waals surface area contributed by atoms with Crippen LogP contribution >= 0.6 is 0 Å². The molecule has 2 saturated heterocycles. The summed E-state index contributed by atoms with van der Waals surface area (Å²) in [7, 11) is -3.50. The van der Waals surface area contributed by atoms with Gasteiger partial charge < -0.3 is 5.11 Å². The Morgan fingerprint density at radius 3 is 2.73 bits per heavy atom. The molecule has 86 valence electrons. The molecule has 0 aromatic heterocycles. The van der Waals surface area contributed by atoms with E-state index in [1.54, 1.807) is 0 Å². The van der Waals surface area contributed by atoms with Crippen molar-refractivity contribution in [2.75, 3.05) is 19.6 Å². The molecule has 15 heavy (non-hydrogen) atoms. The van der Waals surface area contributed by atoms with Gasteiger partial charge in [-0.1, -0.05) is 6.42 Å². The summed E-state index contributed by atoms with van der Waals surface area (Å²) >= 11 is 0. The molecular formula is C8H14N2O4S. The summed E-state index contributed by atoms with van der Waals surface area (Å²) in [6, 6.07) is -0.0110. The van der Waals surface area contributed by atoms with Crippen LogP contribution in [0.3, 0.4) is 0 Å². The Balaban J connectivity index is 2.19. The maximum atomic E-state index is 11.9. The van der Waals surface area contributed by atoms with Crippen LogP contribution in [-0.4, -0.2) is 53.8 Å². The van der Waals surface area contributed by atoms with Gasteiger partial charge in [0, 0.05) is 19.1 Å². The SMILES string of the molecule is O=C(O)CN1CC2CCCCN2S1(=O)=O. The maximum Gasteiger partial charge on any atom is 0.318 e. The van der Waals surface area contributed by atoms with Gasteiger partial charge in [0.1, 0.15) is 6.54 Å². The number of carbonyl (C=O) groups is 1. The summed E-state index contributed by atoms with van der Waals surface area (Å²) in [5.74, 6) is -1.10. The fourth-order valence-corrected chi connectivity index (χ4v) is 4.07. The standard InChI is InChI=1S/C8H14N2O4S/c11-8(12)6-9-5-7-3-1-2-4-10(7)15(9,13)14/h7H,1-6H2,(H,11,12). The number of aliphatic carboxylic acids is 1. The Bertz CT molecular complexity index is 367. The van der Waals surface area contributed by atoms with Crippen LogP contribution in [0.15, 0.2) is 0 Å². The highest BCUT2D eigenvalue weighted by molar-refractivity contribution is 7.87. The van der Waals surface area contributed by atoms with E-state index in [2.05, 4.69) is 0 Å². The fourth-order valence-electron chi connectivity index (χ4n) is 2.23. The molecular weight excluding hydrogens is 220 g/mol. The summed E-state index contributed by atoms with van der Waals surface area (Å²) in [5.41, 5.74) is 0. The first-order chi connectivity index (χ1) is 7.01. The van der Waals surface area contributed by atoms with Crippen LogP contribution in [0.4, 0.5) is 0 Å². The lowest BCUT2D eigenvalue weighted by Gasteiger charge is -2.26. The minimum Gasteiger partial charge on any atom is -0.480 e. The first-order valence-electron chi connectivity index (χ1n) is 5.00. The van der Waals surface area contributed by atoms with Gasteiger partial charge in [-0.15, -0.1) is 0 Å². The van der Waals surface area contributed by atoms with Crippen LogP contribution < -0.4 is 0 Å². The monoisotopic (exact) mass is 234 g/mol. The second kappa shape index (κ2) is 3.73. The Morgan fingerprint density at radius 1 is 1.40 bits per heavy atom. The molecule has 0 radical (unpaired) electrons. The molecule has 7 heteroatoms. The number of carboxylic acid groups (broad SMARTS) is 1. The first kappa shape index (κ1) is 10.8. The normalized spacial score (nSPS) is 31.3. The molecule has 0 aromatic rings. The second-order valence-electron chi connectivity index (χ2n) is 3.95. The van der Waals surface area contributed by atoms with E-state index in [0.29, 0.717) is 13.1 Å². The van der Waals surface area contributed by atoms with E-state index in [1.807, 2.05) is 0 Å². The number of hydrogen-bond acceptors (Lipinski definition) is 3. The molecule has 2 aliphatic rings. The number of piperidine rings is 1. The van der Waals surface area contributed by atoms with Crippen LogP contribution in [0.25, 0.3) is 0 Å². The molecule has 0 amide bonds. The van der Waals surface area contributed by atoms with Gasteiger partial charge in [0.2, 0.25) is 0 Å². The van der Waals surface area contributed by atoms with Crippen molar-refractivity contribution < 1.29 is 18.3 Å². The minimum atomic E-state index is -3.50. The highest BCUT2D eigenvalue weighted by atomic mass is 32.2. The molecule has 0 bridgehead atoms. The highest BCUT2D eigenvalue weighted by Gasteiger charge is 2.45. The van der Waals surface area contributed by atoms with Crippen molar-refractivity contribution in [2.24, 2.45) is 0 Å². The molecule has 6 nitrogen and oxygen atoms in total. The predicted octanol–water partition coefficient (Wildman–Crippen LogP) is -0.514. The average Bonchev–Trinajstić information content (AvgIpc) is 2.39. The lowest BCUT2D eigenvalue weighted by Crippen LogP contribution is -2.39. The maximum absolute atomic E-state index is 11.9. The molecule has 2 fully saturated rings. The molecule has 1 unspecified atom stereocenters. The van der Waals surface area contributed by atoms with E-state index in [9.17, 15) is 13.2 Å². The van der Waals surface area contributed by atoms with Gasteiger partial charge in [0.15, 0.2) is 0 Å². The van der Waals surface area contributed by atoms with E-state index in [0.717, 1.165) is 23.6 Å². The molecule has 2 aliphatic heterocycles. The number of nitrogens with zero attached hydrogens (tertiary/aromatic N) is 2. The zero-order chi connectivity index (χ0) is 11.1. The van der Waals surface area contributed by atoms with Crippen molar-refractivity contribution in [3.05, 3.63) is 0 Å². The van der Waals surface area contributed by atoms with Gasteiger partial charge in [-0.25, -0.2) is 0 Å². The van der Waals surface area contributed by atoms with Crippen molar-refractivity contribution in [1.82, 2.24) is 8.61 Å². The summed E-state index contributed by atoms with van der Waals surface area (Å²) in [6.45, 7) is 0.438. The zero-order valence-corrected chi connectivity index (χ0v) is 9.11. The summed E-state index contributed by atoms with van der Waals surface area (Å²) in [6.07, 6.45) is 2.74. The average molecular weight is 234 g/mol. The molecule has 2 heterocycles. The van der Waals surface area contributed by atoms with Crippen LogP contribution in [-0.2, 0) is 15.0 Å². The third kappa shape index (κ3) is 1.86. The smallest absolute Gasteiger partial charge is 0.318 e. The highest BCUT2D eigenvalue weighted by Crippen LogP contribution is 2.29. The molecule has 1 N–H and O–H groups in total. The number of fused-ring (bicyclic) bond motifs is 1. The van der Waals surface area contributed by atoms with E-state index in [4.69, 9.17) is 5.11 Å². The number of carboxylic acids is 1. The molecule has 1 atom stereocenters. The third-order valence-electron chi connectivity index (χ3n) is 2.92. The van der Waals surface area contributed by atoms with Gasteiger partial charge in [0.25, 0.3) is 10.2 Å². The topological polar surface area (TPSA) is 77.9 Å². The summed E-state index contributed by atoms with van der Waals surface area (Å²) in [4.78, 5) is 10.5. The van der Waals surface area contributed by atoms with E-state index >= 15 is 0 Å². The quantitative estimate of drug-likeness (QED) is 0.697. The Kier molecular flexibility index (Phi) is 2.70. The Hall–Kier alpha value is -0.660. The van der Waals surface area contributed by atoms with E-state index < -0.39 is 22.7 Å². The van der Waals surface area contributed by atoms with Crippen LogP contribution in [0, 0.1) is 0 Å². The Labute approximate surface area is 88.7 Å². The van der Waals surface area contributed by atoms with Gasteiger partial charge in [0.05, 0.1) is 0 Å². The molecule has 0 aromatic carbocycles. The van der Waals surface area contributed by atoms with Crippen LogP contribution in [0.1, 0.15) is 19.3 Å². The van der Waals surface area contributed by atoms with Gasteiger partial charge in [-0.05, 0) is 12.8 Å². The lowest BCUT2D eigenvalue weighted by molar-refractivity contribution is -0.137. The summed E-state index contributed by atoms with van der Waals surface area (Å²) < 4.78 is 26.2. The summed E-state index contributed by atoms with van der Waals surface area (Å²) in [5, 5.41) is 8.62. The van der Waals surface area contributed by atoms with Gasteiger partial charge in [-0.3, -0.25) is 4.79 Å². The third-order valence-corrected chi connectivity index (χ3v) is 4.93. The molecule has 0 saturated carbocycles. The van der Waals surface area contributed by atoms with Gasteiger partial charge in [-0.2, -0.15) is 17.0 Å². The zero-order valence-electron chi connectivity index (χ0n) is 8.29. The van der Waals surface area contributed by atoms with E-state index in [1.165, 1.54) is 4.31 Å². The van der Waals surface area contributed by atoms with Crippen molar-refractivity contribution in [3.8, 4) is 0 Å². The van der Waals surface area contributed by atoms with Crippen molar-refractivity contribution in [3.63, 3.8) is 0 Å². The van der Waals surface area contributed by atoms with Crippen LogP contribution in [0.2, 0.25) is 0 Å². The predicted molar refractivity (Wildman–Crippen MR) is 52.5 cm³/mol. The van der Waals surface area contributed by atoms with Crippen molar-refractivity contribution in [1.29, 1.82) is 0 Å². The van der Waals surface area contributed by atoms with Crippen LogP contribution in [0.5, 0.6) is 0 Å². The van der Waals surface area contributed by atoms with Crippen molar-refractivity contribution >= 4 is 16.2 Å². The Morgan fingerprint density at radius 2 is 2.13 bits per heavy atom. The lowest BCUT2D eigenvalue weighted by atomic mass is 10.1. The van der Waals surface area contributed by atoms with Gasteiger partial charge >= 0.3 is 5.97 Å². The largest absolute Gasteiger partial charge is 0.480 e. The van der Waals surface area contributed by atoms with Crippen molar-refractivity contribution in [2.45, 2.75) is 25.3 Å². The molecule has 0 spiro atoms. The fraction of sp³-hybridized carbons (Fsp3) is 0.875. The molecule has 2 rings (SSSR count). The van der Waals surface area contributed by atoms with E-state index in [-0.39, 0.29) is 6.04 Å². The number of rotatable bonds is 2. The number of hydrogen-bond donors (Lipinski definition) is 1. The minimum absolute atomic E-state index is 0.0110.